The highest BCUT2D eigenvalue weighted by Crippen LogP contribution is 2.42. The van der Waals surface area contributed by atoms with Crippen molar-refractivity contribution < 1.29 is 9.15 Å². The molecule has 2 aliphatic rings. The summed E-state index contributed by atoms with van der Waals surface area (Å²) in [5, 5.41) is 5.26. The number of nitrogens with one attached hydrogen (secondary N) is 1. The van der Waals surface area contributed by atoms with Crippen molar-refractivity contribution in [3.63, 3.8) is 0 Å². The second-order valence-electron chi connectivity index (χ2n) is 7.74. The minimum atomic E-state index is -0.147. The molecular weight excluding hydrogens is 453 g/mol. The Hall–Kier alpha value is -2.12. The number of furan rings is 1. The molecule has 1 aromatic carbocycles. The van der Waals surface area contributed by atoms with Crippen LogP contribution in [0.15, 0.2) is 59.1 Å². The Morgan fingerprint density at radius 2 is 2.06 bits per heavy atom. The summed E-state index contributed by atoms with van der Waals surface area (Å²) >= 11 is 18.2. The minimum absolute atomic E-state index is 0.130. The predicted molar refractivity (Wildman–Crippen MR) is 125 cm³/mol. The summed E-state index contributed by atoms with van der Waals surface area (Å²) in [4.78, 5) is 6.73. The third-order valence-corrected chi connectivity index (χ3v) is 6.64. The third-order valence-electron chi connectivity index (χ3n) is 5.74. The molecular formula is C23H21Cl2N3O2S. The molecule has 5 nitrogen and oxygen atoms in total. The number of hydrogen-bond donors (Lipinski definition) is 1. The average Bonchev–Trinajstić information content (AvgIpc) is 3.51. The van der Waals surface area contributed by atoms with Crippen molar-refractivity contribution in [3.8, 4) is 11.3 Å². The molecule has 5 rings (SSSR count). The fourth-order valence-electron chi connectivity index (χ4n) is 4.26. The van der Waals surface area contributed by atoms with Crippen LogP contribution < -0.4 is 5.32 Å². The van der Waals surface area contributed by atoms with Gasteiger partial charge in [-0.05, 0) is 67.5 Å². The maximum atomic E-state index is 6.41. The number of rotatable bonds is 5. The van der Waals surface area contributed by atoms with Gasteiger partial charge in [-0.1, -0.05) is 29.3 Å². The molecule has 0 spiro atoms. The molecule has 0 bridgehead atoms. The van der Waals surface area contributed by atoms with Gasteiger partial charge in [-0.25, -0.2) is 0 Å². The van der Waals surface area contributed by atoms with Gasteiger partial charge in [0.05, 0.1) is 22.9 Å². The lowest BCUT2D eigenvalue weighted by molar-refractivity contribution is 0.0818. The van der Waals surface area contributed by atoms with Crippen LogP contribution in [0.2, 0.25) is 10.0 Å². The second kappa shape index (κ2) is 8.79. The molecule has 0 amide bonds. The van der Waals surface area contributed by atoms with E-state index >= 15 is 0 Å². The highest BCUT2D eigenvalue weighted by molar-refractivity contribution is 7.80. The molecule has 0 radical (unpaired) electrons. The van der Waals surface area contributed by atoms with Gasteiger partial charge in [-0.2, -0.15) is 0 Å². The molecule has 2 fully saturated rings. The van der Waals surface area contributed by atoms with Crippen molar-refractivity contribution in [3.05, 3.63) is 76.2 Å². The molecule has 2 saturated heterocycles. The smallest absolute Gasteiger partial charge is 0.170 e. The molecule has 31 heavy (non-hydrogen) atoms. The Bertz CT molecular complexity index is 1090. The quantitative estimate of drug-likeness (QED) is 0.472. The van der Waals surface area contributed by atoms with Crippen LogP contribution in [0, 0.1) is 0 Å². The lowest BCUT2D eigenvalue weighted by atomic mass is 10.0. The van der Waals surface area contributed by atoms with Crippen LogP contribution in [-0.4, -0.2) is 34.3 Å². The maximum Gasteiger partial charge on any atom is 0.170 e. The van der Waals surface area contributed by atoms with Crippen LogP contribution in [0.3, 0.4) is 0 Å². The molecule has 3 aromatic rings. The minimum Gasteiger partial charge on any atom is -0.459 e. The van der Waals surface area contributed by atoms with Gasteiger partial charge < -0.3 is 19.4 Å². The predicted octanol–water partition coefficient (Wildman–Crippen LogP) is 5.80. The van der Waals surface area contributed by atoms with E-state index in [1.165, 1.54) is 0 Å². The summed E-state index contributed by atoms with van der Waals surface area (Å²) in [5.41, 5.74) is 1.71. The van der Waals surface area contributed by atoms with Crippen LogP contribution >= 0.6 is 35.4 Å². The van der Waals surface area contributed by atoms with Gasteiger partial charge in [-0.15, -0.1) is 0 Å². The SMILES string of the molecule is S=C1N[C@@H](c2ccccn2)[C@@H](c2ccc(-c3ccc(Cl)cc3Cl)o2)N1C[C@@H]1CCCO1. The lowest BCUT2D eigenvalue weighted by Gasteiger charge is -2.28. The standard InChI is InChI=1S/C23H21Cl2N3O2S/c24-14-6-7-16(17(25)12-14)19-8-9-20(30-19)22-21(18-5-1-2-10-26-18)27-23(31)28(22)13-15-4-3-11-29-15/h1-2,5-10,12,15,21-22H,3-4,11,13H2,(H,27,31)/t15-,21-,22+/m0/s1. The molecule has 4 heterocycles. The molecule has 2 aromatic heterocycles. The second-order valence-corrected chi connectivity index (χ2v) is 8.97. The summed E-state index contributed by atoms with van der Waals surface area (Å²) in [6.45, 7) is 1.50. The van der Waals surface area contributed by atoms with E-state index < -0.39 is 0 Å². The Balaban J connectivity index is 1.51. The first-order valence-corrected chi connectivity index (χ1v) is 11.4. The number of aromatic nitrogens is 1. The van der Waals surface area contributed by atoms with Crippen LogP contribution in [0.4, 0.5) is 0 Å². The zero-order valence-electron chi connectivity index (χ0n) is 16.6. The number of pyridine rings is 1. The van der Waals surface area contributed by atoms with Crippen molar-refractivity contribution in [1.29, 1.82) is 0 Å². The van der Waals surface area contributed by atoms with Gasteiger partial charge in [-0.3, -0.25) is 4.98 Å². The highest BCUT2D eigenvalue weighted by Gasteiger charge is 2.42. The van der Waals surface area contributed by atoms with Gasteiger partial charge in [0.2, 0.25) is 0 Å². The summed E-state index contributed by atoms with van der Waals surface area (Å²) in [5.74, 6) is 1.48. The molecule has 0 saturated carbocycles. The van der Waals surface area contributed by atoms with Gasteiger partial charge >= 0.3 is 0 Å². The van der Waals surface area contributed by atoms with Crippen LogP contribution in [0.5, 0.6) is 0 Å². The Labute approximate surface area is 196 Å². The Morgan fingerprint density at radius 3 is 2.81 bits per heavy atom. The highest BCUT2D eigenvalue weighted by atomic mass is 35.5. The summed E-state index contributed by atoms with van der Waals surface area (Å²) in [6, 6.07) is 14.9. The van der Waals surface area contributed by atoms with Crippen molar-refractivity contribution >= 4 is 40.5 Å². The number of nitrogens with zero attached hydrogens (tertiary/aromatic N) is 2. The van der Waals surface area contributed by atoms with E-state index in [0.717, 1.165) is 36.5 Å². The Morgan fingerprint density at radius 1 is 1.16 bits per heavy atom. The summed E-state index contributed by atoms with van der Waals surface area (Å²) in [6.07, 6.45) is 4.06. The van der Waals surface area contributed by atoms with E-state index in [0.29, 0.717) is 27.5 Å². The number of halogens is 2. The first kappa shape index (κ1) is 20.8. The van der Waals surface area contributed by atoms with Gasteiger partial charge in [0.15, 0.2) is 5.11 Å². The monoisotopic (exact) mass is 473 g/mol. The topological polar surface area (TPSA) is 50.5 Å². The first-order valence-electron chi connectivity index (χ1n) is 10.2. The van der Waals surface area contributed by atoms with Gasteiger partial charge in [0.25, 0.3) is 0 Å². The van der Waals surface area contributed by atoms with E-state index in [2.05, 4.69) is 15.2 Å². The zero-order valence-corrected chi connectivity index (χ0v) is 19.0. The zero-order chi connectivity index (χ0) is 21.4. The van der Waals surface area contributed by atoms with E-state index in [4.69, 9.17) is 44.6 Å². The molecule has 160 valence electrons. The molecule has 3 atom stereocenters. The van der Waals surface area contributed by atoms with Crippen LogP contribution in [-0.2, 0) is 4.74 Å². The van der Waals surface area contributed by atoms with Crippen molar-refractivity contribution in [2.45, 2.75) is 31.0 Å². The fourth-order valence-corrected chi connectivity index (χ4v) is 5.08. The third kappa shape index (κ3) is 4.17. The first-order chi connectivity index (χ1) is 15.1. The number of hydrogen-bond acceptors (Lipinski definition) is 4. The Kier molecular flexibility index (Phi) is 5.89. The van der Waals surface area contributed by atoms with Crippen molar-refractivity contribution in [2.24, 2.45) is 0 Å². The van der Waals surface area contributed by atoms with Crippen LogP contribution in [0.1, 0.15) is 36.4 Å². The largest absolute Gasteiger partial charge is 0.459 e. The molecule has 2 aliphatic heterocycles. The average molecular weight is 474 g/mol. The van der Waals surface area contributed by atoms with Crippen molar-refractivity contribution in [2.75, 3.05) is 13.2 Å². The van der Waals surface area contributed by atoms with Gasteiger partial charge in [0.1, 0.15) is 17.6 Å². The number of ether oxygens (including phenoxy) is 1. The van der Waals surface area contributed by atoms with E-state index in [1.54, 1.807) is 18.3 Å². The fraction of sp³-hybridized carbons (Fsp3) is 0.304. The summed E-state index contributed by atoms with van der Waals surface area (Å²) in [7, 11) is 0. The lowest BCUT2D eigenvalue weighted by Crippen LogP contribution is -2.36. The number of benzene rings is 1. The maximum absolute atomic E-state index is 6.41. The normalized spacial score (nSPS) is 23.4. The van der Waals surface area contributed by atoms with E-state index in [-0.39, 0.29) is 18.2 Å². The molecule has 8 heteroatoms. The molecule has 1 N–H and O–H groups in total. The van der Waals surface area contributed by atoms with E-state index in [9.17, 15) is 0 Å². The van der Waals surface area contributed by atoms with Crippen molar-refractivity contribution in [1.82, 2.24) is 15.2 Å². The molecule has 0 aliphatic carbocycles. The summed E-state index contributed by atoms with van der Waals surface area (Å²) < 4.78 is 12.2. The van der Waals surface area contributed by atoms with Gasteiger partial charge in [0, 0.05) is 29.9 Å². The van der Waals surface area contributed by atoms with Crippen LogP contribution in [0.25, 0.3) is 11.3 Å². The number of thiocarbonyl (C=S) groups is 1. The molecule has 0 unspecified atom stereocenters. The van der Waals surface area contributed by atoms with E-state index in [1.807, 2.05) is 36.4 Å².